The van der Waals surface area contributed by atoms with E-state index in [9.17, 15) is 4.79 Å². The molecule has 3 heterocycles. The van der Waals surface area contributed by atoms with Gasteiger partial charge in [-0.2, -0.15) is 5.06 Å². The van der Waals surface area contributed by atoms with Gasteiger partial charge in [-0.25, -0.2) is 4.79 Å². The topological polar surface area (TPSA) is 38.8 Å². The molecule has 0 aromatic rings. The summed E-state index contributed by atoms with van der Waals surface area (Å²) in [5.74, 6) is -0.204. The zero-order valence-corrected chi connectivity index (χ0v) is 9.59. The number of fused-ring (bicyclic) bond motifs is 1. The summed E-state index contributed by atoms with van der Waals surface area (Å²) in [5.41, 5.74) is 0.614. The number of hydroxylamine groups is 2. The summed E-state index contributed by atoms with van der Waals surface area (Å²) >= 11 is 0. The monoisotopic (exact) mass is 233 g/mol. The number of hydrogen-bond acceptors (Lipinski definition) is 4. The first-order valence-corrected chi connectivity index (χ1v) is 6.35. The van der Waals surface area contributed by atoms with Crippen molar-refractivity contribution in [2.75, 3.05) is 6.54 Å². The van der Waals surface area contributed by atoms with Gasteiger partial charge < -0.3 is 4.74 Å². The molecular formula is C13H15NO3. The molecule has 4 heteroatoms. The largest absolute Gasteiger partial charge is 0.449 e. The molecule has 3 aliphatic heterocycles. The second-order valence-corrected chi connectivity index (χ2v) is 5.22. The molecule has 2 fully saturated rings. The average molecular weight is 233 g/mol. The third-order valence-electron chi connectivity index (χ3n) is 4.32. The Labute approximate surface area is 99.8 Å². The lowest BCUT2D eigenvalue weighted by atomic mass is 9.74. The Morgan fingerprint density at radius 3 is 3.29 bits per heavy atom. The van der Waals surface area contributed by atoms with E-state index in [1.807, 2.05) is 11.1 Å². The Kier molecular flexibility index (Phi) is 1.86. The van der Waals surface area contributed by atoms with Crippen molar-refractivity contribution < 1.29 is 14.4 Å². The highest BCUT2D eigenvalue weighted by Crippen LogP contribution is 2.49. The van der Waals surface area contributed by atoms with Gasteiger partial charge in [-0.3, -0.25) is 4.84 Å². The van der Waals surface area contributed by atoms with Crippen LogP contribution in [-0.2, 0) is 14.4 Å². The highest BCUT2D eigenvalue weighted by molar-refractivity contribution is 5.87. The maximum Gasteiger partial charge on any atom is 0.331 e. The molecule has 2 saturated heterocycles. The Morgan fingerprint density at radius 2 is 2.35 bits per heavy atom. The fraction of sp³-hybridized carbons (Fsp3) is 0.615. The van der Waals surface area contributed by atoms with Crippen molar-refractivity contribution in [3.05, 3.63) is 23.8 Å². The molecule has 0 N–H and O–H groups in total. The lowest BCUT2D eigenvalue weighted by molar-refractivity contribution is -0.273. The van der Waals surface area contributed by atoms with E-state index in [0.717, 1.165) is 31.4 Å². The Hall–Kier alpha value is -1.13. The van der Waals surface area contributed by atoms with Gasteiger partial charge in [0.15, 0.2) is 5.60 Å². The molecule has 90 valence electrons. The predicted molar refractivity (Wildman–Crippen MR) is 59.9 cm³/mol. The summed E-state index contributed by atoms with van der Waals surface area (Å²) in [6.45, 7) is 0.946. The number of nitrogens with zero attached hydrogens (tertiary/aromatic N) is 1. The summed E-state index contributed by atoms with van der Waals surface area (Å²) in [6.07, 6.45) is 9.87. The van der Waals surface area contributed by atoms with Crippen molar-refractivity contribution in [3.8, 4) is 0 Å². The molecule has 4 nitrogen and oxygen atoms in total. The quantitative estimate of drug-likeness (QED) is 0.467. The summed E-state index contributed by atoms with van der Waals surface area (Å²) < 4.78 is 5.69. The van der Waals surface area contributed by atoms with Crippen molar-refractivity contribution in [1.82, 2.24) is 5.06 Å². The van der Waals surface area contributed by atoms with Crippen LogP contribution < -0.4 is 0 Å². The second kappa shape index (κ2) is 3.21. The van der Waals surface area contributed by atoms with Crippen LogP contribution in [0.3, 0.4) is 0 Å². The van der Waals surface area contributed by atoms with Crippen LogP contribution >= 0.6 is 0 Å². The molecule has 0 radical (unpaired) electrons. The fourth-order valence-corrected chi connectivity index (χ4v) is 3.60. The number of ether oxygens (including phenoxy) is 1. The molecule has 4 rings (SSSR count). The van der Waals surface area contributed by atoms with Crippen molar-refractivity contribution in [2.45, 2.75) is 43.4 Å². The first kappa shape index (κ1) is 9.85. The molecule has 3 atom stereocenters. The van der Waals surface area contributed by atoms with Crippen molar-refractivity contribution in [3.63, 3.8) is 0 Å². The van der Waals surface area contributed by atoms with Gasteiger partial charge in [-0.1, -0.05) is 18.6 Å². The van der Waals surface area contributed by atoms with Crippen LogP contribution in [0.5, 0.6) is 0 Å². The van der Waals surface area contributed by atoms with E-state index >= 15 is 0 Å². The Balaban J connectivity index is 1.83. The van der Waals surface area contributed by atoms with Crippen LogP contribution in [0.15, 0.2) is 23.8 Å². The molecule has 17 heavy (non-hydrogen) atoms. The number of piperidine rings is 1. The van der Waals surface area contributed by atoms with E-state index in [4.69, 9.17) is 9.57 Å². The summed E-state index contributed by atoms with van der Waals surface area (Å²) in [7, 11) is 0. The molecular weight excluding hydrogens is 218 g/mol. The van der Waals surface area contributed by atoms with Gasteiger partial charge >= 0.3 is 5.97 Å². The van der Waals surface area contributed by atoms with Gasteiger partial charge in [-0.05, 0) is 12.8 Å². The molecule has 1 unspecified atom stereocenters. The zero-order valence-electron chi connectivity index (χ0n) is 9.59. The highest BCUT2D eigenvalue weighted by Gasteiger charge is 2.58. The number of carbonyl (C=O) groups excluding carboxylic acids is 1. The van der Waals surface area contributed by atoms with Gasteiger partial charge in [-0.15, -0.1) is 0 Å². The van der Waals surface area contributed by atoms with E-state index in [1.165, 1.54) is 6.42 Å². The number of rotatable bonds is 0. The van der Waals surface area contributed by atoms with Gasteiger partial charge in [0, 0.05) is 24.6 Å². The third-order valence-corrected chi connectivity index (χ3v) is 4.32. The lowest BCUT2D eigenvalue weighted by Gasteiger charge is -2.52. The lowest BCUT2D eigenvalue weighted by Crippen LogP contribution is -2.63. The van der Waals surface area contributed by atoms with Gasteiger partial charge in [0.25, 0.3) is 0 Å². The molecule has 0 amide bonds. The van der Waals surface area contributed by atoms with Crippen LogP contribution in [0.25, 0.3) is 0 Å². The highest BCUT2D eigenvalue weighted by atomic mass is 16.7. The molecule has 2 bridgehead atoms. The molecule has 1 aliphatic carbocycles. The molecule has 0 spiro atoms. The summed E-state index contributed by atoms with van der Waals surface area (Å²) in [5, 5.41) is 2.05. The van der Waals surface area contributed by atoms with Crippen molar-refractivity contribution in [2.24, 2.45) is 0 Å². The fourth-order valence-electron chi connectivity index (χ4n) is 3.60. The minimum atomic E-state index is -0.421. The molecule has 0 aromatic carbocycles. The van der Waals surface area contributed by atoms with Crippen LogP contribution in [0.1, 0.15) is 25.7 Å². The maximum atomic E-state index is 11.6. The van der Waals surface area contributed by atoms with E-state index < -0.39 is 5.60 Å². The first-order valence-electron chi connectivity index (χ1n) is 6.35. The van der Waals surface area contributed by atoms with Crippen LogP contribution in [0, 0.1) is 0 Å². The van der Waals surface area contributed by atoms with Crippen LogP contribution in [-0.4, -0.2) is 35.3 Å². The van der Waals surface area contributed by atoms with Crippen molar-refractivity contribution >= 4 is 5.97 Å². The first-order chi connectivity index (χ1) is 8.29. The summed E-state index contributed by atoms with van der Waals surface area (Å²) in [6, 6.07) is 0.204. The third kappa shape index (κ3) is 1.17. The Bertz CT molecular complexity index is 442. The van der Waals surface area contributed by atoms with Crippen LogP contribution in [0.2, 0.25) is 0 Å². The average Bonchev–Trinajstić information content (AvgIpc) is 2.67. The van der Waals surface area contributed by atoms with Gasteiger partial charge in [0.05, 0.1) is 6.04 Å². The summed E-state index contributed by atoms with van der Waals surface area (Å²) in [4.78, 5) is 17.6. The van der Waals surface area contributed by atoms with E-state index in [2.05, 4.69) is 6.08 Å². The van der Waals surface area contributed by atoms with E-state index in [0.29, 0.717) is 0 Å². The van der Waals surface area contributed by atoms with E-state index in [-0.39, 0.29) is 18.1 Å². The normalized spacial score (nSPS) is 43.8. The number of hydrogen-bond donors (Lipinski definition) is 0. The van der Waals surface area contributed by atoms with Gasteiger partial charge in [0.2, 0.25) is 0 Å². The number of carbonyl (C=O) groups is 1. The maximum absolute atomic E-state index is 11.6. The molecule has 0 saturated carbocycles. The van der Waals surface area contributed by atoms with Crippen LogP contribution in [0.4, 0.5) is 0 Å². The number of esters is 1. The Morgan fingerprint density at radius 1 is 1.41 bits per heavy atom. The second-order valence-electron chi connectivity index (χ2n) is 5.22. The SMILES string of the molecule is O=C1C=C2[C@@H]3C=CC[C@@]2(O1)C1CCCCN1O3. The molecule has 4 aliphatic rings. The standard InChI is InChI=1S/C13H15NO3/c15-12-8-9-10-4-3-6-13(9,16-12)11-5-1-2-7-14(11)17-10/h3-4,8,10-11H,1-2,5-7H2/t10-,11?,13-/m0/s1. The minimum Gasteiger partial charge on any atom is -0.449 e. The van der Waals surface area contributed by atoms with E-state index in [1.54, 1.807) is 6.08 Å². The molecule has 0 aromatic heterocycles. The van der Waals surface area contributed by atoms with Gasteiger partial charge in [0.1, 0.15) is 6.10 Å². The smallest absolute Gasteiger partial charge is 0.331 e. The van der Waals surface area contributed by atoms with Crippen molar-refractivity contribution in [1.29, 1.82) is 0 Å². The zero-order chi connectivity index (χ0) is 11.5. The predicted octanol–water partition coefficient (Wildman–Crippen LogP) is 1.34. The minimum absolute atomic E-state index is 0.0930.